The van der Waals surface area contributed by atoms with Crippen molar-refractivity contribution in [2.45, 2.75) is 111 Å². The van der Waals surface area contributed by atoms with E-state index >= 15 is 0 Å². The van der Waals surface area contributed by atoms with Gasteiger partial charge in [-0.25, -0.2) is 19.6 Å². The third-order valence-corrected chi connectivity index (χ3v) is 13.3. The van der Waals surface area contributed by atoms with Crippen molar-refractivity contribution < 1.29 is 59.6 Å². The molecule has 2 aromatic heterocycles. The lowest BCUT2D eigenvalue weighted by atomic mass is 10.1. The summed E-state index contributed by atoms with van der Waals surface area (Å²) >= 11 is 2.67. The molecule has 360 valence electrons. The van der Waals surface area contributed by atoms with Gasteiger partial charge in [0.2, 0.25) is 11.2 Å². The Morgan fingerprint density at radius 1 is 0.618 bits per heavy atom. The molecular formula is C51H50F6N2O7S2. The first-order valence-electron chi connectivity index (χ1n) is 21.4. The molecule has 9 nitrogen and oxygen atoms in total. The lowest BCUT2D eigenvalue weighted by Gasteiger charge is -2.28. The van der Waals surface area contributed by atoms with Crippen LogP contribution in [-0.2, 0) is 26.7 Å². The minimum atomic E-state index is -4.45. The first kappa shape index (κ1) is 51.2. The number of ether oxygens (including phenoxy) is 5. The van der Waals surface area contributed by atoms with Crippen molar-refractivity contribution in [3.8, 4) is 44.1 Å². The van der Waals surface area contributed by atoms with Crippen molar-refractivity contribution in [2.24, 2.45) is 0 Å². The highest BCUT2D eigenvalue weighted by Crippen LogP contribution is 2.41. The number of esters is 2. The molecule has 6 rings (SSSR count). The van der Waals surface area contributed by atoms with Gasteiger partial charge in [0.15, 0.2) is 0 Å². The molecule has 0 saturated heterocycles. The van der Waals surface area contributed by atoms with Gasteiger partial charge in [-0.2, -0.15) is 26.3 Å². The molecule has 2 heterocycles. The van der Waals surface area contributed by atoms with Gasteiger partial charge < -0.3 is 23.7 Å². The highest BCUT2D eigenvalue weighted by molar-refractivity contribution is 7.15. The molecule has 4 aromatic carbocycles. The number of alkyl halides is 6. The molecule has 17 heteroatoms. The highest BCUT2D eigenvalue weighted by atomic mass is 32.1. The molecule has 2 atom stereocenters. The molecule has 0 bridgehead atoms. The predicted molar refractivity (Wildman–Crippen MR) is 249 cm³/mol. The van der Waals surface area contributed by atoms with Crippen molar-refractivity contribution >= 4 is 34.6 Å². The van der Waals surface area contributed by atoms with Crippen LogP contribution in [-0.4, -0.2) is 33.1 Å². The van der Waals surface area contributed by atoms with E-state index in [4.69, 9.17) is 23.7 Å². The minimum Gasteiger partial charge on any atom is -0.485 e. The van der Waals surface area contributed by atoms with Gasteiger partial charge >= 0.3 is 24.3 Å². The molecule has 0 N–H and O–H groups in total. The summed E-state index contributed by atoms with van der Waals surface area (Å²) in [5.74, 6) is -0.261. The first-order valence-corrected chi connectivity index (χ1v) is 23.0. The number of halogens is 6. The van der Waals surface area contributed by atoms with Crippen LogP contribution in [0, 0.1) is 27.7 Å². The SMILES string of the molecule is C=CCC(Oc1ccc(OC(C)(C)C(=O)OC(=O)C(C)(C)Oc2ccc(OC(CC)c3sc(-c4ccc(C(F)(F)F)cc4)nc3C)cc2C)c(C)c1)c1sc(-c2ccc(C(F)(F)F)cc2)nc1C. The second-order valence-corrected chi connectivity index (χ2v) is 19.1. The van der Waals surface area contributed by atoms with Crippen molar-refractivity contribution in [1.29, 1.82) is 0 Å². The van der Waals surface area contributed by atoms with Crippen molar-refractivity contribution in [2.75, 3.05) is 0 Å². The first-order chi connectivity index (χ1) is 31.8. The van der Waals surface area contributed by atoms with Crippen LogP contribution in [0.2, 0.25) is 0 Å². The molecule has 0 amide bonds. The lowest BCUT2D eigenvalue weighted by molar-refractivity contribution is -0.178. The zero-order chi connectivity index (χ0) is 49.9. The van der Waals surface area contributed by atoms with E-state index in [1.807, 2.05) is 13.8 Å². The Morgan fingerprint density at radius 2 is 1.00 bits per heavy atom. The summed E-state index contributed by atoms with van der Waals surface area (Å²) in [6, 6.07) is 19.8. The van der Waals surface area contributed by atoms with Gasteiger partial charge in [0.1, 0.15) is 45.2 Å². The molecule has 2 unspecified atom stereocenters. The quantitative estimate of drug-likeness (QED) is 0.0382. The Kier molecular flexibility index (Phi) is 15.2. The van der Waals surface area contributed by atoms with E-state index < -0.39 is 58.8 Å². The maximum atomic E-state index is 13.5. The number of aromatic nitrogens is 2. The summed E-state index contributed by atoms with van der Waals surface area (Å²) in [6.45, 7) is 18.9. The van der Waals surface area contributed by atoms with Crippen LogP contribution in [0.3, 0.4) is 0 Å². The number of aryl methyl sites for hydroxylation is 4. The zero-order valence-electron chi connectivity index (χ0n) is 38.8. The number of thiazole rings is 2. The van der Waals surface area contributed by atoms with Crippen LogP contribution in [0.4, 0.5) is 26.3 Å². The summed E-state index contributed by atoms with van der Waals surface area (Å²) in [6.07, 6.45) is -7.12. The van der Waals surface area contributed by atoms with E-state index in [0.29, 0.717) is 79.5 Å². The minimum absolute atomic E-state index is 0.328. The van der Waals surface area contributed by atoms with Crippen LogP contribution < -0.4 is 18.9 Å². The number of carbonyl (C=O) groups excluding carboxylic acids is 2. The summed E-state index contributed by atoms with van der Waals surface area (Å²) in [4.78, 5) is 37.8. The number of benzene rings is 4. The van der Waals surface area contributed by atoms with Crippen LogP contribution in [0.15, 0.2) is 97.6 Å². The molecule has 0 aliphatic carbocycles. The van der Waals surface area contributed by atoms with Gasteiger partial charge in [-0.05, 0) is 134 Å². The van der Waals surface area contributed by atoms with Gasteiger partial charge in [0.05, 0.1) is 32.3 Å². The van der Waals surface area contributed by atoms with E-state index in [0.717, 1.165) is 34.0 Å². The molecule has 0 spiro atoms. The lowest BCUT2D eigenvalue weighted by Crippen LogP contribution is -2.46. The number of hydrogen-bond acceptors (Lipinski definition) is 11. The molecule has 0 radical (unpaired) electrons. The largest absolute Gasteiger partial charge is 0.485 e. The Labute approximate surface area is 398 Å². The molecule has 0 aliphatic rings. The zero-order valence-corrected chi connectivity index (χ0v) is 40.4. The van der Waals surface area contributed by atoms with Gasteiger partial charge in [-0.1, -0.05) is 37.3 Å². The third-order valence-electron chi connectivity index (χ3n) is 10.7. The predicted octanol–water partition coefficient (Wildman–Crippen LogP) is 14.5. The standard InChI is InChI=1S/C51H50F6N2O7S2/c1-11-13-41(43-31(6)59-45(68-43)33-16-20-35(21-17-33)51(55,56)57)63-37-23-25-40(29(4)27-37)66-49(9,10)47(61)64-46(60)48(7,8)65-39-24-22-36(26-28(39)3)62-38(12-2)42-30(5)58-44(67-42)32-14-18-34(19-15-32)50(52,53)54/h11,14-27,38,41H,1,12-13H2,2-10H3. The number of carbonyl (C=O) groups is 2. The van der Waals surface area contributed by atoms with E-state index in [2.05, 4.69) is 16.5 Å². The summed E-state index contributed by atoms with van der Waals surface area (Å²) in [5.41, 5.74) is -1.01. The number of hydrogen-bond donors (Lipinski definition) is 0. The average Bonchev–Trinajstić information content (AvgIpc) is 3.85. The second kappa shape index (κ2) is 20.2. The molecule has 68 heavy (non-hydrogen) atoms. The van der Waals surface area contributed by atoms with Gasteiger partial charge in [0.25, 0.3) is 0 Å². The van der Waals surface area contributed by atoms with E-state index in [1.54, 1.807) is 63.2 Å². The van der Waals surface area contributed by atoms with Crippen molar-refractivity contribution in [3.63, 3.8) is 0 Å². The van der Waals surface area contributed by atoms with Crippen molar-refractivity contribution in [3.05, 3.63) is 141 Å². The fourth-order valence-electron chi connectivity index (χ4n) is 6.86. The van der Waals surface area contributed by atoms with Gasteiger partial charge in [-0.15, -0.1) is 29.3 Å². The monoisotopic (exact) mass is 980 g/mol. The summed E-state index contributed by atoms with van der Waals surface area (Å²) in [5, 5.41) is 1.12. The van der Waals surface area contributed by atoms with Gasteiger partial charge in [0, 0.05) is 17.5 Å². The third kappa shape index (κ3) is 12.1. The van der Waals surface area contributed by atoms with E-state index in [-0.39, 0.29) is 0 Å². The van der Waals surface area contributed by atoms with Crippen LogP contribution in [0.25, 0.3) is 21.1 Å². The topological polar surface area (TPSA) is 106 Å². The number of nitrogens with zero attached hydrogens (tertiary/aromatic N) is 2. The second-order valence-electron chi connectivity index (χ2n) is 17.0. The molecule has 0 saturated carbocycles. The maximum Gasteiger partial charge on any atom is 0.416 e. The Balaban J connectivity index is 1.06. The van der Waals surface area contributed by atoms with E-state index in [9.17, 15) is 35.9 Å². The molecule has 0 aliphatic heterocycles. The normalized spacial score (nSPS) is 13.1. The van der Waals surface area contributed by atoms with E-state index in [1.165, 1.54) is 74.6 Å². The highest BCUT2D eigenvalue weighted by Gasteiger charge is 2.40. The fraction of sp³-hybridized carbons (Fsp3) is 0.333. The Hall–Kier alpha value is -6.20. The molecule has 0 fully saturated rings. The maximum absolute atomic E-state index is 13.5. The fourth-order valence-corrected chi connectivity index (χ4v) is 9.16. The Bertz CT molecular complexity index is 2780. The molecule has 6 aromatic rings. The average molecular weight is 981 g/mol. The number of rotatable bonds is 17. The van der Waals surface area contributed by atoms with Crippen LogP contribution >= 0.6 is 22.7 Å². The van der Waals surface area contributed by atoms with Crippen LogP contribution in [0.5, 0.6) is 23.0 Å². The summed E-state index contributed by atoms with van der Waals surface area (Å²) in [7, 11) is 0. The molecular weight excluding hydrogens is 931 g/mol. The van der Waals surface area contributed by atoms with Gasteiger partial charge in [-0.3, -0.25) is 0 Å². The summed E-state index contributed by atoms with van der Waals surface area (Å²) < 4.78 is 109. The van der Waals surface area contributed by atoms with Crippen molar-refractivity contribution in [1.82, 2.24) is 9.97 Å². The van der Waals surface area contributed by atoms with Crippen LogP contribution in [0.1, 0.15) is 103 Å². The smallest absolute Gasteiger partial charge is 0.416 e. The Morgan fingerprint density at radius 3 is 1.35 bits per heavy atom.